The van der Waals surface area contributed by atoms with Crippen molar-refractivity contribution < 1.29 is 27.1 Å². The lowest BCUT2D eigenvalue weighted by atomic mass is 10.2. The normalized spacial score (nSPS) is 11.4. The third-order valence-electron chi connectivity index (χ3n) is 6.62. The van der Waals surface area contributed by atoms with Crippen molar-refractivity contribution in [3.05, 3.63) is 106 Å². The molecule has 0 saturated heterocycles. The number of hydrogen-bond acceptors (Lipinski definition) is 7. The molecule has 3 aromatic carbocycles. The smallest absolute Gasteiger partial charge is 0.284 e. The number of carbonyl (C=O) groups is 1. The zero-order valence-electron chi connectivity index (χ0n) is 23.0. The molecule has 216 valence electrons. The molecule has 0 spiro atoms. The number of ether oxygens (including phenoxy) is 2. The maximum absolute atomic E-state index is 15.1. The van der Waals surface area contributed by atoms with Crippen molar-refractivity contribution in [3.8, 4) is 22.9 Å². The second-order valence-electron chi connectivity index (χ2n) is 9.56. The molecule has 0 aliphatic carbocycles. The molecule has 1 amide bonds. The van der Waals surface area contributed by atoms with Gasteiger partial charge in [-0.1, -0.05) is 18.2 Å². The second-order valence-corrected chi connectivity index (χ2v) is 11.8. The molecule has 5 rings (SSSR count). The predicted octanol–water partition coefficient (Wildman–Crippen LogP) is 4.73. The Hall–Kier alpha value is -4.97. The number of fused-ring (bicyclic) bond motifs is 1. The Morgan fingerprint density at radius 2 is 1.79 bits per heavy atom. The van der Waals surface area contributed by atoms with Gasteiger partial charge >= 0.3 is 0 Å². The first kappa shape index (κ1) is 28.6. The van der Waals surface area contributed by atoms with Gasteiger partial charge in [0.1, 0.15) is 26.9 Å². The Bertz CT molecular complexity index is 1970. The quantitative estimate of drug-likeness (QED) is 0.263. The monoisotopic (exact) mass is 590 g/mol. The fourth-order valence-corrected chi connectivity index (χ4v) is 5.05. The lowest BCUT2D eigenvalue weighted by molar-refractivity contribution is 0.102. The fourth-order valence-electron chi connectivity index (χ4n) is 4.55. The number of nitrogens with zero attached hydrogens (tertiary/aromatic N) is 3. The third kappa shape index (κ3) is 5.88. The van der Waals surface area contributed by atoms with E-state index < -0.39 is 27.1 Å². The Kier molecular flexibility index (Phi) is 7.81. The summed E-state index contributed by atoms with van der Waals surface area (Å²) in [6.45, 7) is 1.52. The second kappa shape index (κ2) is 11.5. The van der Waals surface area contributed by atoms with Gasteiger partial charge in [0.05, 0.1) is 36.3 Å². The van der Waals surface area contributed by atoms with Crippen molar-refractivity contribution in [2.24, 2.45) is 0 Å². The Morgan fingerprint density at radius 1 is 1.02 bits per heavy atom. The van der Waals surface area contributed by atoms with Crippen LogP contribution in [0.25, 0.3) is 16.6 Å². The summed E-state index contributed by atoms with van der Waals surface area (Å²) < 4.78 is 52.6. The number of benzene rings is 3. The van der Waals surface area contributed by atoms with Gasteiger partial charge in [-0.05, 0) is 49.4 Å². The Morgan fingerprint density at radius 3 is 2.48 bits per heavy atom. The van der Waals surface area contributed by atoms with Crippen LogP contribution in [0.3, 0.4) is 0 Å². The van der Waals surface area contributed by atoms with E-state index in [0.717, 1.165) is 12.3 Å². The van der Waals surface area contributed by atoms with E-state index in [1.54, 1.807) is 68.6 Å². The SMILES string of the molecule is COc1ccc2c(Oc3ccc(NC(=O)c4c(C)n(CCS(C)(=O)=O)n(-c5ccccc5)c4=O)cc3F)ccnc2c1. The van der Waals surface area contributed by atoms with Gasteiger partial charge in [0.25, 0.3) is 11.5 Å². The number of rotatable bonds is 9. The molecule has 12 heteroatoms. The van der Waals surface area contributed by atoms with Gasteiger partial charge in [0.15, 0.2) is 11.6 Å². The minimum Gasteiger partial charge on any atom is -0.497 e. The van der Waals surface area contributed by atoms with Crippen LogP contribution in [-0.4, -0.2) is 47.8 Å². The number of anilines is 1. The predicted molar refractivity (Wildman–Crippen MR) is 157 cm³/mol. The van der Waals surface area contributed by atoms with Crippen molar-refractivity contribution in [1.29, 1.82) is 0 Å². The van der Waals surface area contributed by atoms with E-state index in [4.69, 9.17) is 9.47 Å². The van der Waals surface area contributed by atoms with Crippen molar-refractivity contribution in [2.45, 2.75) is 13.5 Å². The first-order valence-electron chi connectivity index (χ1n) is 12.8. The molecule has 0 atom stereocenters. The molecule has 0 aliphatic heterocycles. The molecule has 10 nitrogen and oxygen atoms in total. The van der Waals surface area contributed by atoms with Crippen LogP contribution in [0.15, 0.2) is 83.8 Å². The zero-order chi connectivity index (χ0) is 30.0. The van der Waals surface area contributed by atoms with Gasteiger partial charge in [0, 0.05) is 35.7 Å². The van der Waals surface area contributed by atoms with Gasteiger partial charge in [-0.2, -0.15) is 0 Å². The summed E-state index contributed by atoms with van der Waals surface area (Å²) in [6, 6.07) is 19.3. The number of para-hydroxylation sites is 1. The van der Waals surface area contributed by atoms with E-state index in [1.807, 2.05) is 0 Å². The van der Waals surface area contributed by atoms with Crippen molar-refractivity contribution >= 4 is 32.3 Å². The summed E-state index contributed by atoms with van der Waals surface area (Å²) in [5, 5.41) is 3.23. The van der Waals surface area contributed by atoms with E-state index >= 15 is 4.39 Å². The molecule has 2 heterocycles. The van der Waals surface area contributed by atoms with Crippen LogP contribution >= 0.6 is 0 Å². The van der Waals surface area contributed by atoms with Crippen LogP contribution in [0.1, 0.15) is 16.1 Å². The van der Waals surface area contributed by atoms with E-state index in [2.05, 4.69) is 10.3 Å². The number of halogens is 1. The molecule has 0 unspecified atom stereocenters. The number of hydrogen-bond donors (Lipinski definition) is 1. The first-order chi connectivity index (χ1) is 20.1. The number of carbonyl (C=O) groups excluding carboxylic acids is 1. The van der Waals surface area contributed by atoms with Crippen LogP contribution in [0.2, 0.25) is 0 Å². The van der Waals surface area contributed by atoms with Gasteiger partial charge in [-0.25, -0.2) is 17.5 Å². The highest BCUT2D eigenvalue weighted by atomic mass is 32.2. The van der Waals surface area contributed by atoms with Gasteiger partial charge in [-0.15, -0.1) is 0 Å². The van der Waals surface area contributed by atoms with Crippen LogP contribution in [0, 0.1) is 12.7 Å². The third-order valence-corrected chi connectivity index (χ3v) is 7.54. The van der Waals surface area contributed by atoms with Crippen molar-refractivity contribution in [1.82, 2.24) is 14.3 Å². The summed E-state index contributed by atoms with van der Waals surface area (Å²) in [6.07, 6.45) is 2.64. The number of methoxy groups -OCH3 is 1. The molecule has 0 bridgehead atoms. The molecular formula is C30H27FN4O6S. The Labute approximate surface area is 240 Å². The van der Waals surface area contributed by atoms with E-state index in [0.29, 0.717) is 28.1 Å². The maximum atomic E-state index is 15.1. The van der Waals surface area contributed by atoms with Gasteiger partial charge in [-0.3, -0.25) is 19.3 Å². The molecule has 42 heavy (non-hydrogen) atoms. The molecule has 0 radical (unpaired) electrons. The number of pyridine rings is 1. The zero-order valence-corrected chi connectivity index (χ0v) is 23.8. The maximum Gasteiger partial charge on any atom is 0.284 e. The molecule has 0 aliphatic rings. The van der Waals surface area contributed by atoms with Crippen LogP contribution in [-0.2, 0) is 16.4 Å². The topological polar surface area (TPSA) is 122 Å². The van der Waals surface area contributed by atoms with Gasteiger partial charge in [0.2, 0.25) is 0 Å². The molecule has 0 saturated carbocycles. The number of sulfone groups is 1. The van der Waals surface area contributed by atoms with Crippen molar-refractivity contribution in [3.63, 3.8) is 0 Å². The summed E-state index contributed by atoms with van der Waals surface area (Å²) in [7, 11) is -1.81. The minimum absolute atomic E-state index is 0.0424. The largest absolute Gasteiger partial charge is 0.497 e. The average molecular weight is 591 g/mol. The summed E-state index contributed by atoms with van der Waals surface area (Å²) in [5.74, 6) is -0.812. The average Bonchev–Trinajstić information content (AvgIpc) is 3.22. The molecule has 2 aromatic heterocycles. The molecule has 5 aromatic rings. The number of aromatic nitrogens is 3. The highest BCUT2D eigenvalue weighted by Crippen LogP contribution is 2.33. The standard InChI is InChI=1S/C30H27FN4O6S/c1-19-28(30(37)35(21-7-5-4-6-8-21)34(19)15-16-42(3,38)39)29(36)33-20-9-12-27(24(31)17-20)41-26-13-14-32-25-18-22(40-2)10-11-23(25)26/h4-14,17-18H,15-16H2,1-3H3,(H,33,36). The number of amides is 1. The molecule has 0 fully saturated rings. The minimum atomic E-state index is -3.36. The van der Waals surface area contributed by atoms with Crippen LogP contribution in [0.5, 0.6) is 17.2 Å². The first-order valence-corrected chi connectivity index (χ1v) is 14.9. The summed E-state index contributed by atoms with van der Waals surface area (Å²) in [5.41, 5.74) is 0.622. The highest BCUT2D eigenvalue weighted by Gasteiger charge is 2.25. The van der Waals surface area contributed by atoms with Crippen molar-refractivity contribution in [2.75, 3.05) is 24.4 Å². The summed E-state index contributed by atoms with van der Waals surface area (Å²) in [4.78, 5) is 31.1. The van der Waals surface area contributed by atoms with E-state index in [1.165, 1.54) is 27.7 Å². The lowest BCUT2D eigenvalue weighted by Crippen LogP contribution is -2.26. The summed E-state index contributed by atoms with van der Waals surface area (Å²) >= 11 is 0. The Balaban J connectivity index is 1.43. The van der Waals surface area contributed by atoms with E-state index in [-0.39, 0.29) is 35.0 Å². The van der Waals surface area contributed by atoms with Crippen LogP contribution in [0.4, 0.5) is 10.1 Å². The number of nitrogens with one attached hydrogen (secondary N) is 1. The molecule has 1 N–H and O–H groups in total. The lowest BCUT2D eigenvalue weighted by Gasteiger charge is -2.13. The fraction of sp³-hybridized carbons (Fsp3) is 0.167. The van der Waals surface area contributed by atoms with E-state index in [9.17, 15) is 18.0 Å². The van der Waals surface area contributed by atoms with Crippen LogP contribution < -0.4 is 20.3 Å². The molecular weight excluding hydrogens is 563 g/mol. The highest BCUT2D eigenvalue weighted by molar-refractivity contribution is 7.90. The van der Waals surface area contributed by atoms with Gasteiger partial charge < -0.3 is 14.8 Å².